The minimum absolute atomic E-state index is 0.0159. The molecule has 1 fully saturated rings. The first-order chi connectivity index (χ1) is 10.6. The Morgan fingerprint density at radius 1 is 1.17 bits per heavy atom. The second-order valence-electron chi connectivity index (χ2n) is 8.73. The molecule has 3 heteroatoms. The largest absolute Gasteiger partial charge is 0.504 e. The van der Waals surface area contributed by atoms with Crippen LogP contribution >= 0.6 is 0 Å². The third-order valence-electron chi connectivity index (χ3n) is 6.23. The highest BCUT2D eigenvalue weighted by Gasteiger charge is 2.53. The van der Waals surface area contributed by atoms with Crippen molar-refractivity contribution in [2.45, 2.75) is 71.6 Å². The zero-order chi connectivity index (χ0) is 17.2. The van der Waals surface area contributed by atoms with Crippen LogP contribution in [0.15, 0.2) is 6.07 Å². The first kappa shape index (κ1) is 16.4. The molecular formula is C20H28O3. The fourth-order valence-electron chi connectivity index (χ4n) is 5.49. The van der Waals surface area contributed by atoms with E-state index in [0.717, 1.165) is 29.5 Å². The second-order valence-corrected chi connectivity index (χ2v) is 8.73. The second kappa shape index (κ2) is 4.99. The van der Waals surface area contributed by atoms with Crippen LogP contribution in [0.25, 0.3) is 0 Å². The number of carbonyl (C=O) groups excluding carboxylic acids is 1. The van der Waals surface area contributed by atoms with Crippen molar-refractivity contribution < 1.29 is 15.0 Å². The van der Waals surface area contributed by atoms with Crippen molar-refractivity contribution in [2.75, 3.05) is 0 Å². The van der Waals surface area contributed by atoms with E-state index in [-0.39, 0.29) is 28.2 Å². The quantitative estimate of drug-likeness (QED) is 0.754. The van der Waals surface area contributed by atoms with Crippen molar-refractivity contribution in [3.05, 3.63) is 22.8 Å². The van der Waals surface area contributed by atoms with Gasteiger partial charge in [-0.25, -0.2) is 0 Å². The fraction of sp³-hybridized carbons (Fsp3) is 0.650. The number of phenols is 2. The number of benzene rings is 1. The molecule has 126 valence electrons. The summed E-state index contributed by atoms with van der Waals surface area (Å²) >= 11 is 0. The molecule has 1 aromatic rings. The molecule has 2 aliphatic rings. The molecule has 0 amide bonds. The van der Waals surface area contributed by atoms with E-state index in [1.165, 1.54) is 0 Å². The summed E-state index contributed by atoms with van der Waals surface area (Å²) in [5.74, 6) is 0.833. The Morgan fingerprint density at radius 3 is 2.43 bits per heavy atom. The zero-order valence-corrected chi connectivity index (χ0v) is 14.9. The minimum Gasteiger partial charge on any atom is -0.504 e. The molecule has 3 rings (SSSR count). The van der Waals surface area contributed by atoms with Crippen LogP contribution in [0.2, 0.25) is 0 Å². The number of fused-ring (bicyclic) bond motifs is 3. The van der Waals surface area contributed by atoms with Crippen LogP contribution in [0, 0.1) is 11.3 Å². The van der Waals surface area contributed by atoms with Crippen molar-refractivity contribution in [3.8, 4) is 11.5 Å². The highest BCUT2D eigenvalue weighted by Crippen LogP contribution is 2.58. The zero-order valence-electron chi connectivity index (χ0n) is 14.9. The minimum atomic E-state index is -0.249. The van der Waals surface area contributed by atoms with Gasteiger partial charge in [-0.05, 0) is 47.3 Å². The van der Waals surface area contributed by atoms with E-state index in [0.29, 0.717) is 24.5 Å². The molecule has 0 spiro atoms. The van der Waals surface area contributed by atoms with Crippen LogP contribution in [-0.2, 0) is 16.6 Å². The van der Waals surface area contributed by atoms with E-state index >= 15 is 0 Å². The predicted molar refractivity (Wildman–Crippen MR) is 91.0 cm³/mol. The molecular weight excluding hydrogens is 288 g/mol. The predicted octanol–water partition coefficient (Wildman–Crippen LogP) is 4.43. The van der Waals surface area contributed by atoms with Gasteiger partial charge in [-0.2, -0.15) is 0 Å². The molecule has 23 heavy (non-hydrogen) atoms. The van der Waals surface area contributed by atoms with Gasteiger partial charge >= 0.3 is 0 Å². The first-order valence-electron chi connectivity index (χ1n) is 8.68. The van der Waals surface area contributed by atoms with Gasteiger partial charge in [0.05, 0.1) is 0 Å². The maximum absolute atomic E-state index is 12.4. The molecule has 0 aromatic heterocycles. The lowest BCUT2D eigenvalue weighted by molar-refractivity contribution is -0.129. The van der Waals surface area contributed by atoms with E-state index < -0.39 is 0 Å². The third kappa shape index (κ3) is 2.28. The van der Waals surface area contributed by atoms with Crippen LogP contribution in [-0.4, -0.2) is 16.0 Å². The number of rotatable bonds is 1. The Kier molecular flexibility index (Phi) is 3.55. The maximum atomic E-state index is 12.4. The molecule has 3 nitrogen and oxygen atoms in total. The smallest absolute Gasteiger partial charge is 0.161 e. The lowest BCUT2D eigenvalue weighted by atomic mass is 9.49. The average Bonchev–Trinajstić information content (AvgIpc) is 2.38. The molecule has 0 heterocycles. The van der Waals surface area contributed by atoms with Crippen LogP contribution < -0.4 is 0 Å². The Hall–Kier alpha value is -1.51. The maximum Gasteiger partial charge on any atom is 0.161 e. The summed E-state index contributed by atoms with van der Waals surface area (Å²) in [6.07, 6.45) is 3.13. The van der Waals surface area contributed by atoms with Crippen LogP contribution in [0.1, 0.15) is 76.5 Å². The molecule has 0 aliphatic heterocycles. The molecule has 0 unspecified atom stereocenters. The lowest BCUT2D eigenvalue weighted by Crippen LogP contribution is -2.51. The van der Waals surface area contributed by atoms with Gasteiger partial charge in [0.1, 0.15) is 5.78 Å². The molecule has 1 aromatic carbocycles. The molecule has 1 saturated carbocycles. The standard InChI is InChI=1S/C20H28O3/c1-11(2)17-13-6-7-16-19(3,4)9-12(21)10-20(16,5)14(13)8-15(22)18(17)23/h8,11,16,22-23H,6-7,9-10H2,1-5H3/t16-,20-/m1/s1. The molecule has 0 bridgehead atoms. The summed E-state index contributed by atoms with van der Waals surface area (Å²) in [6, 6.07) is 1.72. The Morgan fingerprint density at radius 2 is 1.83 bits per heavy atom. The highest BCUT2D eigenvalue weighted by molar-refractivity contribution is 5.82. The van der Waals surface area contributed by atoms with Crippen LogP contribution in [0.5, 0.6) is 11.5 Å². The summed E-state index contributed by atoms with van der Waals surface area (Å²) in [5.41, 5.74) is 2.82. The van der Waals surface area contributed by atoms with Gasteiger partial charge in [-0.1, -0.05) is 34.6 Å². The topological polar surface area (TPSA) is 57.5 Å². The number of phenolic OH excluding ortho intramolecular Hbond substituents is 2. The Bertz CT molecular complexity index is 672. The summed E-state index contributed by atoms with van der Waals surface area (Å²) in [4.78, 5) is 12.4. The normalized spacial score (nSPS) is 29.3. The summed E-state index contributed by atoms with van der Waals surface area (Å²) in [6.45, 7) is 10.6. The van der Waals surface area contributed by atoms with Crippen molar-refractivity contribution in [3.63, 3.8) is 0 Å². The van der Waals surface area contributed by atoms with Crippen molar-refractivity contribution in [1.82, 2.24) is 0 Å². The van der Waals surface area contributed by atoms with Gasteiger partial charge < -0.3 is 10.2 Å². The van der Waals surface area contributed by atoms with E-state index in [9.17, 15) is 15.0 Å². The molecule has 2 N–H and O–H groups in total. The lowest BCUT2D eigenvalue weighted by Gasteiger charge is -2.54. The van der Waals surface area contributed by atoms with E-state index in [4.69, 9.17) is 0 Å². The highest BCUT2D eigenvalue weighted by atomic mass is 16.3. The number of aromatic hydroxyl groups is 2. The van der Waals surface area contributed by atoms with E-state index in [2.05, 4.69) is 20.8 Å². The number of Topliss-reactive ketones (excluding diaryl/α,β-unsaturated/α-hetero) is 1. The van der Waals surface area contributed by atoms with Crippen molar-refractivity contribution in [1.29, 1.82) is 0 Å². The Balaban J connectivity index is 2.26. The summed E-state index contributed by atoms with van der Waals surface area (Å²) < 4.78 is 0. The van der Waals surface area contributed by atoms with Crippen LogP contribution in [0.3, 0.4) is 0 Å². The van der Waals surface area contributed by atoms with Crippen molar-refractivity contribution >= 4 is 5.78 Å². The molecule has 0 saturated heterocycles. The van der Waals surface area contributed by atoms with Gasteiger partial charge in [0, 0.05) is 23.8 Å². The van der Waals surface area contributed by atoms with Crippen LogP contribution in [0.4, 0.5) is 0 Å². The number of ketones is 1. The summed E-state index contributed by atoms with van der Waals surface area (Å²) in [5, 5.41) is 20.6. The van der Waals surface area contributed by atoms with E-state index in [1.807, 2.05) is 13.8 Å². The van der Waals surface area contributed by atoms with Gasteiger partial charge in [0.25, 0.3) is 0 Å². The van der Waals surface area contributed by atoms with E-state index in [1.54, 1.807) is 6.07 Å². The first-order valence-corrected chi connectivity index (χ1v) is 8.68. The van der Waals surface area contributed by atoms with Gasteiger partial charge in [0.2, 0.25) is 0 Å². The van der Waals surface area contributed by atoms with Gasteiger partial charge in [-0.3, -0.25) is 4.79 Å². The SMILES string of the molecule is CC(C)c1c(O)c(O)cc2c1CC[C@@H]1C(C)(C)CC(=O)C[C@]21C. The summed E-state index contributed by atoms with van der Waals surface area (Å²) in [7, 11) is 0. The number of hydrogen-bond acceptors (Lipinski definition) is 3. The molecule has 2 aliphatic carbocycles. The Labute approximate surface area is 138 Å². The molecule has 0 radical (unpaired) electrons. The average molecular weight is 316 g/mol. The monoisotopic (exact) mass is 316 g/mol. The molecule has 2 atom stereocenters. The third-order valence-corrected chi connectivity index (χ3v) is 6.23. The van der Waals surface area contributed by atoms with Gasteiger partial charge in [-0.15, -0.1) is 0 Å². The van der Waals surface area contributed by atoms with Crippen molar-refractivity contribution in [2.24, 2.45) is 11.3 Å². The van der Waals surface area contributed by atoms with Gasteiger partial charge in [0.15, 0.2) is 11.5 Å². The number of hydrogen-bond donors (Lipinski definition) is 2. The number of carbonyl (C=O) groups is 1. The fourth-order valence-corrected chi connectivity index (χ4v) is 5.49.